The van der Waals surface area contributed by atoms with Crippen molar-refractivity contribution < 1.29 is 4.79 Å². The van der Waals surface area contributed by atoms with Crippen molar-refractivity contribution in [2.24, 2.45) is 0 Å². The van der Waals surface area contributed by atoms with Crippen molar-refractivity contribution >= 4 is 21.8 Å². The van der Waals surface area contributed by atoms with Crippen LogP contribution in [-0.4, -0.2) is 22.4 Å². The molecule has 1 aromatic rings. The summed E-state index contributed by atoms with van der Waals surface area (Å²) < 4.78 is 0.713. The van der Waals surface area contributed by atoms with Crippen molar-refractivity contribution in [1.29, 1.82) is 0 Å². The zero-order valence-corrected chi connectivity index (χ0v) is 8.41. The van der Waals surface area contributed by atoms with E-state index in [1.165, 1.54) is 18.6 Å². The van der Waals surface area contributed by atoms with Crippen molar-refractivity contribution in [2.45, 2.75) is 0 Å². The quantitative estimate of drug-likeness (QED) is 0.863. The molecule has 0 aliphatic rings. The van der Waals surface area contributed by atoms with Crippen molar-refractivity contribution in [3.8, 4) is 0 Å². The number of nitrogens with one attached hydrogen (secondary N) is 1. The Balaban J connectivity index is 2.54. The molecule has 0 unspecified atom stereocenters. The van der Waals surface area contributed by atoms with Crippen molar-refractivity contribution in [1.82, 2.24) is 15.3 Å². The fourth-order valence-electron chi connectivity index (χ4n) is 0.683. The van der Waals surface area contributed by atoms with Crippen LogP contribution in [-0.2, 0) is 0 Å². The van der Waals surface area contributed by atoms with Gasteiger partial charge >= 0.3 is 0 Å². The summed E-state index contributed by atoms with van der Waals surface area (Å²) in [5, 5.41) is 2.61. The number of nitrogens with zero attached hydrogens (tertiary/aromatic N) is 2. The van der Waals surface area contributed by atoms with Gasteiger partial charge in [-0.05, 0) is 0 Å². The van der Waals surface area contributed by atoms with Crippen molar-refractivity contribution in [3.05, 3.63) is 35.3 Å². The molecule has 0 aliphatic carbocycles. The maximum absolute atomic E-state index is 11.3. The minimum atomic E-state index is -0.256. The molecule has 0 bridgehead atoms. The first-order chi connectivity index (χ1) is 6.20. The van der Waals surface area contributed by atoms with E-state index in [9.17, 15) is 4.79 Å². The largest absolute Gasteiger partial charge is 0.346 e. The van der Waals surface area contributed by atoms with E-state index in [0.29, 0.717) is 16.7 Å². The van der Waals surface area contributed by atoms with Crippen LogP contribution in [0.25, 0.3) is 0 Å². The molecule has 0 aromatic carbocycles. The Hall–Kier alpha value is -1.23. The summed E-state index contributed by atoms with van der Waals surface area (Å²) in [6, 6.07) is 0. The molecule has 0 fully saturated rings. The zero-order valence-electron chi connectivity index (χ0n) is 6.83. The second-order valence-electron chi connectivity index (χ2n) is 2.29. The first-order valence-electron chi connectivity index (χ1n) is 3.57. The second kappa shape index (κ2) is 4.71. The highest BCUT2D eigenvalue weighted by Gasteiger charge is 2.04. The molecule has 1 amide bonds. The van der Waals surface area contributed by atoms with Gasteiger partial charge in [-0.25, -0.2) is 4.98 Å². The molecule has 0 saturated carbocycles. The van der Waals surface area contributed by atoms with Gasteiger partial charge in [-0.1, -0.05) is 22.5 Å². The van der Waals surface area contributed by atoms with Crippen LogP contribution in [0.3, 0.4) is 0 Å². The Morgan fingerprint density at radius 3 is 2.92 bits per heavy atom. The van der Waals surface area contributed by atoms with E-state index in [4.69, 9.17) is 0 Å². The monoisotopic (exact) mass is 241 g/mol. The van der Waals surface area contributed by atoms with E-state index in [0.717, 1.165) is 0 Å². The SMILES string of the molecule is C=C(Br)CNC(=O)c1cnccn1. The topological polar surface area (TPSA) is 54.9 Å². The first kappa shape index (κ1) is 9.85. The van der Waals surface area contributed by atoms with E-state index in [-0.39, 0.29) is 5.91 Å². The van der Waals surface area contributed by atoms with Crippen LogP contribution in [0.2, 0.25) is 0 Å². The summed E-state index contributed by atoms with van der Waals surface area (Å²) in [4.78, 5) is 18.9. The number of aromatic nitrogens is 2. The standard InChI is InChI=1S/C8H8BrN3O/c1-6(9)4-12-8(13)7-5-10-2-3-11-7/h2-3,5H,1,4H2,(H,12,13). The van der Waals surface area contributed by atoms with Crippen LogP contribution in [0.5, 0.6) is 0 Å². The lowest BCUT2D eigenvalue weighted by atomic mass is 10.4. The Morgan fingerprint density at radius 1 is 1.62 bits per heavy atom. The lowest BCUT2D eigenvalue weighted by Crippen LogP contribution is -2.25. The van der Waals surface area contributed by atoms with Crippen LogP contribution in [0.1, 0.15) is 10.5 Å². The smallest absolute Gasteiger partial charge is 0.271 e. The van der Waals surface area contributed by atoms with Crippen molar-refractivity contribution in [2.75, 3.05) is 6.54 Å². The minimum Gasteiger partial charge on any atom is -0.346 e. The molecular formula is C8H8BrN3O. The first-order valence-corrected chi connectivity index (χ1v) is 4.37. The van der Waals surface area contributed by atoms with E-state index >= 15 is 0 Å². The van der Waals surface area contributed by atoms with Gasteiger partial charge in [-0.15, -0.1) is 0 Å². The number of carbonyl (C=O) groups excluding carboxylic acids is 1. The highest BCUT2D eigenvalue weighted by atomic mass is 79.9. The molecule has 1 heterocycles. The average molecular weight is 242 g/mol. The van der Waals surface area contributed by atoms with Crippen LogP contribution in [0.15, 0.2) is 29.7 Å². The lowest BCUT2D eigenvalue weighted by molar-refractivity contribution is 0.0952. The van der Waals surface area contributed by atoms with E-state index < -0.39 is 0 Å². The number of hydrogen-bond acceptors (Lipinski definition) is 3. The summed E-state index contributed by atoms with van der Waals surface area (Å²) in [5.74, 6) is -0.256. The third kappa shape index (κ3) is 3.33. The summed E-state index contributed by atoms with van der Waals surface area (Å²) in [6.07, 6.45) is 4.39. The maximum atomic E-state index is 11.3. The molecule has 13 heavy (non-hydrogen) atoms. The lowest BCUT2D eigenvalue weighted by Gasteiger charge is -2.01. The predicted octanol–water partition coefficient (Wildman–Crippen LogP) is 1.11. The molecule has 1 N–H and O–H groups in total. The Bertz CT molecular complexity index is 312. The third-order valence-electron chi connectivity index (χ3n) is 1.24. The van der Waals surface area contributed by atoms with Gasteiger partial charge in [0.05, 0.1) is 6.20 Å². The van der Waals surface area contributed by atoms with E-state index in [2.05, 4.69) is 37.8 Å². The van der Waals surface area contributed by atoms with E-state index in [1.54, 1.807) is 0 Å². The van der Waals surface area contributed by atoms with Gasteiger partial charge in [-0.2, -0.15) is 0 Å². The van der Waals surface area contributed by atoms with Gasteiger partial charge in [0.25, 0.3) is 5.91 Å². The van der Waals surface area contributed by atoms with Crippen LogP contribution in [0, 0.1) is 0 Å². The van der Waals surface area contributed by atoms with Crippen molar-refractivity contribution in [3.63, 3.8) is 0 Å². The van der Waals surface area contributed by atoms with Gasteiger partial charge in [0.15, 0.2) is 0 Å². The fourth-order valence-corrected chi connectivity index (χ4v) is 0.823. The summed E-state index contributed by atoms with van der Waals surface area (Å²) in [6.45, 7) is 3.97. The molecule has 0 spiro atoms. The molecule has 0 aliphatic heterocycles. The van der Waals surface area contributed by atoms with Gasteiger partial charge in [0.1, 0.15) is 5.69 Å². The Morgan fingerprint density at radius 2 is 2.38 bits per heavy atom. The molecule has 5 heteroatoms. The van der Waals surface area contributed by atoms with Crippen LogP contribution >= 0.6 is 15.9 Å². The molecular weight excluding hydrogens is 234 g/mol. The normalized spacial score (nSPS) is 9.31. The Kier molecular flexibility index (Phi) is 3.57. The summed E-state index contributed by atoms with van der Waals surface area (Å²) in [5.41, 5.74) is 0.302. The number of carbonyl (C=O) groups is 1. The Labute approximate surface area is 84.2 Å². The predicted molar refractivity (Wildman–Crippen MR) is 52.4 cm³/mol. The number of halogens is 1. The molecule has 1 rings (SSSR count). The number of amides is 1. The number of hydrogen-bond donors (Lipinski definition) is 1. The highest BCUT2D eigenvalue weighted by molar-refractivity contribution is 9.11. The van der Waals surface area contributed by atoms with Crippen LogP contribution in [0.4, 0.5) is 0 Å². The van der Waals surface area contributed by atoms with Gasteiger partial charge in [-0.3, -0.25) is 9.78 Å². The van der Waals surface area contributed by atoms with Gasteiger partial charge < -0.3 is 5.32 Å². The third-order valence-corrected chi connectivity index (χ3v) is 1.52. The molecule has 0 saturated heterocycles. The maximum Gasteiger partial charge on any atom is 0.271 e. The van der Waals surface area contributed by atoms with Crippen LogP contribution < -0.4 is 5.32 Å². The van der Waals surface area contributed by atoms with Gasteiger partial charge in [0.2, 0.25) is 0 Å². The fraction of sp³-hybridized carbons (Fsp3) is 0.125. The summed E-state index contributed by atoms with van der Waals surface area (Å²) in [7, 11) is 0. The van der Waals surface area contributed by atoms with E-state index in [1.807, 2.05) is 0 Å². The number of rotatable bonds is 3. The zero-order chi connectivity index (χ0) is 9.68. The molecule has 68 valence electrons. The highest BCUT2D eigenvalue weighted by Crippen LogP contribution is 1.97. The molecule has 1 aromatic heterocycles. The minimum absolute atomic E-state index is 0.256. The average Bonchev–Trinajstić information content (AvgIpc) is 2.15. The molecule has 0 radical (unpaired) electrons. The van der Waals surface area contributed by atoms with Gasteiger partial charge in [0, 0.05) is 23.4 Å². The molecule has 4 nitrogen and oxygen atoms in total. The summed E-state index contributed by atoms with van der Waals surface area (Å²) >= 11 is 3.13. The second-order valence-corrected chi connectivity index (χ2v) is 3.41. The molecule has 0 atom stereocenters.